The molecular weight excluding hydrogens is 270 g/mol. The van der Waals surface area contributed by atoms with Crippen molar-refractivity contribution in [2.24, 2.45) is 0 Å². The molecule has 2 rings (SSSR count). The Labute approximate surface area is 124 Å². The van der Waals surface area contributed by atoms with Crippen molar-refractivity contribution in [3.8, 4) is 5.75 Å². The fourth-order valence-electron chi connectivity index (χ4n) is 2.24. The lowest BCUT2D eigenvalue weighted by atomic mass is 9.99. The van der Waals surface area contributed by atoms with Crippen molar-refractivity contribution in [3.05, 3.63) is 29.3 Å². The molecule has 1 saturated carbocycles. The summed E-state index contributed by atoms with van der Waals surface area (Å²) in [4.78, 5) is 23.7. The van der Waals surface area contributed by atoms with Crippen molar-refractivity contribution < 1.29 is 19.4 Å². The molecule has 2 N–H and O–H groups in total. The average molecular weight is 291 g/mol. The van der Waals surface area contributed by atoms with Crippen LogP contribution in [0.1, 0.15) is 42.1 Å². The third-order valence-corrected chi connectivity index (χ3v) is 3.41. The fourth-order valence-corrected chi connectivity index (χ4v) is 2.24. The maximum absolute atomic E-state index is 12.7. The number of carboxylic acid groups (broad SMARTS) is 1. The number of aryl methyl sites for hydroxylation is 1. The zero-order chi connectivity index (χ0) is 15.4. The number of hydrogen-bond donors (Lipinski definition) is 2. The van der Waals surface area contributed by atoms with E-state index in [1.54, 1.807) is 12.1 Å². The topological polar surface area (TPSA) is 75.6 Å². The second kappa shape index (κ2) is 6.72. The Hall–Kier alpha value is -1.88. The molecule has 0 aromatic heterocycles. The molecule has 0 saturated heterocycles. The van der Waals surface area contributed by atoms with Gasteiger partial charge in [0.2, 0.25) is 0 Å². The summed E-state index contributed by atoms with van der Waals surface area (Å²) in [6.07, 6.45) is 1.78. The zero-order valence-electron chi connectivity index (χ0n) is 12.4. The SMILES string of the molecule is CCOc1ccc(C)cc1C(=O)C(CC(=O)O)NC1CC1. The first-order valence-corrected chi connectivity index (χ1v) is 7.26. The number of carbonyl (C=O) groups excluding carboxylic acids is 1. The lowest BCUT2D eigenvalue weighted by Crippen LogP contribution is -2.40. The number of carboxylic acids is 1. The van der Waals surface area contributed by atoms with Crippen LogP contribution in [0.4, 0.5) is 0 Å². The number of nitrogens with one attached hydrogen (secondary N) is 1. The highest BCUT2D eigenvalue weighted by atomic mass is 16.5. The number of carbonyl (C=O) groups is 2. The molecule has 1 aliphatic rings. The van der Waals surface area contributed by atoms with Crippen LogP contribution in [0.2, 0.25) is 0 Å². The Morgan fingerprint density at radius 3 is 2.71 bits per heavy atom. The van der Waals surface area contributed by atoms with E-state index < -0.39 is 12.0 Å². The van der Waals surface area contributed by atoms with Gasteiger partial charge in [0, 0.05) is 6.04 Å². The molecule has 1 fully saturated rings. The molecule has 0 aliphatic heterocycles. The van der Waals surface area contributed by atoms with Crippen molar-refractivity contribution >= 4 is 11.8 Å². The summed E-state index contributed by atoms with van der Waals surface area (Å²) in [5.41, 5.74) is 1.40. The molecule has 1 unspecified atom stereocenters. The van der Waals surface area contributed by atoms with Crippen LogP contribution in [0.15, 0.2) is 18.2 Å². The Balaban J connectivity index is 2.25. The summed E-state index contributed by atoms with van der Waals surface area (Å²) in [6, 6.07) is 4.97. The summed E-state index contributed by atoms with van der Waals surface area (Å²) >= 11 is 0. The fraction of sp³-hybridized carbons (Fsp3) is 0.500. The second-order valence-electron chi connectivity index (χ2n) is 5.39. The van der Waals surface area contributed by atoms with E-state index in [4.69, 9.17) is 9.84 Å². The first-order chi connectivity index (χ1) is 10.0. The molecule has 1 aromatic rings. The highest BCUT2D eigenvalue weighted by molar-refractivity contribution is 6.04. The number of Topliss-reactive ketones (excluding diaryl/α,β-unsaturated/α-hetero) is 1. The van der Waals surface area contributed by atoms with Crippen molar-refractivity contribution in [1.82, 2.24) is 5.32 Å². The smallest absolute Gasteiger partial charge is 0.305 e. The van der Waals surface area contributed by atoms with E-state index in [1.165, 1.54) is 0 Å². The molecular formula is C16H21NO4. The number of aliphatic carboxylic acids is 1. The van der Waals surface area contributed by atoms with Crippen LogP contribution in [-0.2, 0) is 4.79 Å². The van der Waals surface area contributed by atoms with Gasteiger partial charge in [0.05, 0.1) is 24.6 Å². The highest BCUT2D eigenvalue weighted by Crippen LogP contribution is 2.25. The minimum Gasteiger partial charge on any atom is -0.493 e. The summed E-state index contributed by atoms with van der Waals surface area (Å²) < 4.78 is 5.49. The van der Waals surface area contributed by atoms with Gasteiger partial charge in [0.15, 0.2) is 5.78 Å². The van der Waals surface area contributed by atoms with Gasteiger partial charge in [0.1, 0.15) is 5.75 Å². The van der Waals surface area contributed by atoms with Gasteiger partial charge >= 0.3 is 5.97 Å². The predicted octanol–water partition coefficient (Wildman–Crippen LogP) is 2.17. The predicted molar refractivity (Wildman–Crippen MR) is 78.9 cm³/mol. The molecule has 0 spiro atoms. The van der Waals surface area contributed by atoms with E-state index in [-0.39, 0.29) is 18.2 Å². The van der Waals surface area contributed by atoms with Crippen LogP contribution in [0.25, 0.3) is 0 Å². The molecule has 1 aromatic carbocycles. The van der Waals surface area contributed by atoms with Gasteiger partial charge < -0.3 is 15.2 Å². The third kappa shape index (κ3) is 4.29. The molecule has 5 heteroatoms. The van der Waals surface area contributed by atoms with Crippen LogP contribution in [0, 0.1) is 6.92 Å². The molecule has 0 radical (unpaired) electrons. The van der Waals surface area contributed by atoms with Crippen molar-refractivity contribution in [3.63, 3.8) is 0 Å². The van der Waals surface area contributed by atoms with E-state index in [2.05, 4.69) is 5.32 Å². The van der Waals surface area contributed by atoms with Gasteiger partial charge in [-0.1, -0.05) is 11.6 Å². The summed E-state index contributed by atoms with van der Waals surface area (Å²) in [7, 11) is 0. The summed E-state index contributed by atoms with van der Waals surface area (Å²) in [5, 5.41) is 12.1. The van der Waals surface area contributed by atoms with Gasteiger partial charge in [-0.05, 0) is 38.8 Å². The minimum absolute atomic E-state index is 0.212. The Bertz CT molecular complexity index is 537. The second-order valence-corrected chi connectivity index (χ2v) is 5.39. The maximum Gasteiger partial charge on any atom is 0.305 e. The number of benzene rings is 1. The minimum atomic E-state index is -0.980. The van der Waals surface area contributed by atoms with Gasteiger partial charge in [-0.25, -0.2) is 0 Å². The summed E-state index contributed by atoms with van der Waals surface area (Å²) in [5.74, 6) is -0.676. The number of ether oxygens (including phenoxy) is 1. The molecule has 114 valence electrons. The summed E-state index contributed by atoms with van der Waals surface area (Å²) in [6.45, 7) is 4.21. The largest absolute Gasteiger partial charge is 0.493 e. The number of hydrogen-bond acceptors (Lipinski definition) is 4. The molecule has 0 bridgehead atoms. The Morgan fingerprint density at radius 2 is 2.14 bits per heavy atom. The molecule has 1 atom stereocenters. The Morgan fingerprint density at radius 1 is 1.43 bits per heavy atom. The molecule has 5 nitrogen and oxygen atoms in total. The molecule has 0 amide bonds. The van der Waals surface area contributed by atoms with E-state index in [0.717, 1.165) is 18.4 Å². The third-order valence-electron chi connectivity index (χ3n) is 3.41. The quantitative estimate of drug-likeness (QED) is 0.718. The first-order valence-electron chi connectivity index (χ1n) is 7.26. The average Bonchev–Trinajstić information content (AvgIpc) is 3.23. The number of rotatable bonds is 8. The van der Waals surface area contributed by atoms with Crippen molar-refractivity contribution in [1.29, 1.82) is 0 Å². The van der Waals surface area contributed by atoms with E-state index >= 15 is 0 Å². The van der Waals surface area contributed by atoms with Crippen LogP contribution in [0.5, 0.6) is 5.75 Å². The molecule has 0 heterocycles. The van der Waals surface area contributed by atoms with Crippen LogP contribution in [0.3, 0.4) is 0 Å². The van der Waals surface area contributed by atoms with Crippen LogP contribution >= 0.6 is 0 Å². The zero-order valence-corrected chi connectivity index (χ0v) is 12.4. The van der Waals surface area contributed by atoms with Crippen molar-refractivity contribution in [2.75, 3.05) is 6.61 Å². The first kappa shape index (κ1) is 15.5. The Kier molecular flexibility index (Phi) is 4.96. The van der Waals surface area contributed by atoms with E-state index in [1.807, 2.05) is 19.9 Å². The lowest BCUT2D eigenvalue weighted by Gasteiger charge is -2.18. The van der Waals surface area contributed by atoms with Gasteiger partial charge in [0.25, 0.3) is 0 Å². The monoisotopic (exact) mass is 291 g/mol. The normalized spacial score (nSPS) is 15.5. The van der Waals surface area contributed by atoms with Crippen molar-refractivity contribution in [2.45, 2.75) is 45.2 Å². The van der Waals surface area contributed by atoms with Gasteiger partial charge in [-0.15, -0.1) is 0 Å². The highest BCUT2D eigenvalue weighted by Gasteiger charge is 2.31. The maximum atomic E-state index is 12.7. The van der Waals surface area contributed by atoms with Gasteiger partial charge in [-0.2, -0.15) is 0 Å². The van der Waals surface area contributed by atoms with E-state index in [9.17, 15) is 9.59 Å². The molecule has 21 heavy (non-hydrogen) atoms. The standard InChI is InChI=1S/C16H21NO4/c1-3-21-14-7-4-10(2)8-12(14)16(20)13(9-15(18)19)17-11-5-6-11/h4,7-8,11,13,17H,3,5-6,9H2,1-2H3,(H,18,19). The van der Waals surface area contributed by atoms with Gasteiger partial charge in [-0.3, -0.25) is 9.59 Å². The molecule has 1 aliphatic carbocycles. The lowest BCUT2D eigenvalue weighted by molar-refractivity contribution is -0.137. The van der Waals surface area contributed by atoms with E-state index in [0.29, 0.717) is 17.9 Å². The van der Waals surface area contributed by atoms with Crippen LogP contribution in [-0.4, -0.2) is 35.5 Å². The van der Waals surface area contributed by atoms with Crippen LogP contribution < -0.4 is 10.1 Å². The number of ketones is 1.